The summed E-state index contributed by atoms with van der Waals surface area (Å²) in [6.45, 7) is 18.3. The molecule has 0 nitrogen and oxygen atoms in total. The molecular weight excluding hydrogens is 235 g/mol. The zero-order valence-corrected chi connectivity index (χ0v) is 14.5. The summed E-state index contributed by atoms with van der Waals surface area (Å²) in [6.07, 6.45) is 0. The second-order valence-corrected chi connectivity index (χ2v) is 8.26. The monoisotopic (exact) mass is 264 g/mol. The van der Waals surface area contributed by atoms with Crippen molar-refractivity contribution in [1.29, 1.82) is 0 Å². The Labute approximate surface area is 116 Å². The molecule has 0 amide bonds. The van der Waals surface area contributed by atoms with Crippen LogP contribution in [0, 0.1) is 0 Å². The quantitative estimate of drug-likeness (QED) is 0.632. The number of rotatable bonds is 1. The van der Waals surface area contributed by atoms with Crippen molar-refractivity contribution in [3.8, 4) is 0 Å². The van der Waals surface area contributed by atoms with E-state index in [0.717, 1.165) is 0 Å². The minimum Gasteiger partial charge on any atom is -0.105 e. The van der Waals surface area contributed by atoms with Crippen molar-refractivity contribution in [2.45, 2.75) is 72.1 Å². The van der Waals surface area contributed by atoms with Crippen molar-refractivity contribution in [2.24, 2.45) is 0 Å². The van der Waals surface area contributed by atoms with Gasteiger partial charge in [-0.25, -0.2) is 0 Å². The first-order valence-corrected chi connectivity index (χ1v) is 7.46. The van der Waals surface area contributed by atoms with E-state index in [4.69, 9.17) is 0 Å². The van der Waals surface area contributed by atoms with Gasteiger partial charge in [0.1, 0.15) is 0 Å². The van der Waals surface area contributed by atoms with E-state index < -0.39 is 0 Å². The summed E-state index contributed by atoms with van der Waals surface area (Å²) in [6, 6.07) is 4.79. The minimum absolute atomic E-state index is 0.196. The minimum atomic E-state index is 0.196. The molecule has 1 unspecified atom stereocenters. The highest BCUT2D eigenvalue weighted by Crippen LogP contribution is 2.32. The highest BCUT2D eigenvalue weighted by molar-refractivity contribution is 7.27. The van der Waals surface area contributed by atoms with E-state index >= 15 is 0 Å². The molecule has 0 aliphatic rings. The molecule has 1 aromatic carbocycles. The normalized spacial score (nSPS) is 13.2. The third-order valence-electron chi connectivity index (χ3n) is 3.51. The van der Waals surface area contributed by atoms with E-state index in [1.807, 2.05) is 0 Å². The molecule has 0 N–H and O–H groups in total. The standard InChI is InChI=1S/C17H29P/c1-11(2)13-9-12(16(3,4)5)10-14(15(13)18)17(6,7)8/h9-11H,18H2,1-8H3. The Morgan fingerprint density at radius 1 is 0.889 bits per heavy atom. The van der Waals surface area contributed by atoms with Crippen molar-refractivity contribution >= 4 is 14.5 Å². The van der Waals surface area contributed by atoms with E-state index in [1.165, 1.54) is 22.0 Å². The van der Waals surface area contributed by atoms with E-state index in [1.54, 1.807) is 0 Å². The maximum absolute atomic E-state index is 2.96. The lowest BCUT2D eigenvalue weighted by Gasteiger charge is -2.29. The molecular formula is C17H29P. The maximum atomic E-state index is 2.96. The van der Waals surface area contributed by atoms with Crippen LogP contribution in [0.15, 0.2) is 12.1 Å². The van der Waals surface area contributed by atoms with E-state index in [9.17, 15) is 0 Å². The van der Waals surface area contributed by atoms with Crippen molar-refractivity contribution in [2.75, 3.05) is 0 Å². The average molecular weight is 264 g/mol. The van der Waals surface area contributed by atoms with Crippen LogP contribution in [-0.4, -0.2) is 0 Å². The van der Waals surface area contributed by atoms with Crippen LogP contribution in [-0.2, 0) is 10.8 Å². The fourth-order valence-electron chi connectivity index (χ4n) is 2.21. The molecule has 0 radical (unpaired) electrons. The Morgan fingerprint density at radius 3 is 1.72 bits per heavy atom. The smallest absolute Gasteiger partial charge is 0.0126 e. The second kappa shape index (κ2) is 4.97. The van der Waals surface area contributed by atoms with Gasteiger partial charge < -0.3 is 0 Å². The Kier molecular flexibility index (Phi) is 4.34. The number of benzene rings is 1. The topological polar surface area (TPSA) is 0 Å². The summed E-state index contributed by atoms with van der Waals surface area (Å²) >= 11 is 0. The zero-order valence-electron chi connectivity index (χ0n) is 13.3. The fraction of sp³-hybridized carbons (Fsp3) is 0.647. The Bertz CT molecular complexity index is 428. The summed E-state index contributed by atoms with van der Waals surface area (Å²) in [4.78, 5) is 0. The molecule has 1 atom stereocenters. The lowest BCUT2D eigenvalue weighted by atomic mass is 9.78. The SMILES string of the molecule is CC(C)c1cc(C(C)(C)C)cc(C(C)(C)C)c1P. The van der Waals surface area contributed by atoms with Crippen LogP contribution in [0.25, 0.3) is 0 Å². The van der Waals surface area contributed by atoms with Crippen molar-refractivity contribution in [3.05, 3.63) is 28.8 Å². The van der Waals surface area contributed by atoms with Gasteiger partial charge in [-0.2, -0.15) is 0 Å². The molecule has 102 valence electrons. The van der Waals surface area contributed by atoms with Crippen LogP contribution in [0.5, 0.6) is 0 Å². The summed E-state index contributed by atoms with van der Waals surface area (Å²) in [7, 11) is 2.96. The van der Waals surface area contributed by atoms with Gasteiger partial charge in [0.05, 0.1) is 0 Å². The lowest BCUT2D eigenvalue weighted by Crippen LogP contribution is -2.25. The Morgan fingerprint density at radius 2 is 1.39 bits per heavy atom. The molecule has 0 heterocycles. The molecule has 0 spiro atoms. The van der Waals surface area contributed by atoms with Gasteiger partial charge >= 0.3 is 0 Å². The molecule has 0 bridgehead atoms. The first-order valence-electron chi connectivity index (χ1n) is 6.89. The predicted octanol–water partition coefficient (Wildman–Crippen LogP) is 4.91. The Balaban J connectivity index is 3.58. The van der Waals surface area contributed by atoms with Crippen molar-refractivity contribution in [1.82, 2.24) is 0 Å². The first kappa shape index (κ1) is 15.7. The molecule has 0 aromatic heterocycles. The number of hydrogen-bond donors (Lipinski definition) is 0. The maximum Gasteiger partial charge on any atom is -0.0126 e. The first-order chi connectivity index (χ1) is 7.94. The van der Waals surface area contributed by atoms with Gasteiger partial charge in [-0.3, -0.25) is 0 Å². The van der Waals surface area contributed by atoms with Crippen LogP contribution in [0.1, 0.15) is 78.0 Å². The van der Waals surface area contributed by atoms with Gasteiger partial charge in [-0.15, -0.1) is 9.24 Å². The second-order valence-electron chi connectivity index (χ2n) is 7.68. The van der Waals surface area contributed by atoms with Crippen molar-refractivity contribution in [3.63, 3.8) is 0 Å². The van der Waals surface area contributed by atoms with Gasteiger partial charge in [0.15, 0.2) is 0 Å². The molecule has 0 saturated heterocycles. The van der Waals surface area contributed by atoms with Gasteiger partial charge in [0, 0.05) is 0 Å². The van der Waals surface area contributed by atoms with Gasteiger partial charge in [0.2, 0.25) is 0 Å². The Hall–Kier alpha value is -0.350. The molecule has 1 heteroatoms. The average Bonchev–Trinajstić information content (AvgIpc) is 2.13. The van der Waals surface area contributed by atoms with Crippen LogP contribution in [0.2, 0.25) is 0 Å². The van der Waals surface area contributed by atoms with E-state index in [0.29, 0.717) is 5.92 Å². The van der Waals surface area contributed by atoms with Crippen molar-refractivity contribution < 1.29 is 0 Å². The zero-order chi connectivity index (χ0) is 14.3. The highest BCUT2D eigenvalue weighted by Gasteiger charge is 2.23. The molecule has 1 rings (SSSR count). The van der Waals surface area contributed by atoms with Crippen LogP contribution in [0.4, 0.5) is 0 Å². The predicted molar refractivity (Wildman–Crippen MR) is 87.3 cm³/mol. The molecule has 0 aliphatic carbocycles. The molecule has 0 aliphatic heterocycles. The van der Waals surface area contributed by atoms with Crippen LogP contribution >= 0.6 is 9.24 Å². The van der Waals surface area contributed by atoms with E-state index in [-0.39, 0.29) is 10.8 Å². The highest BCUT2D eigenvalue weighted by atomic mass is 31.0. The summed E-state index contributed by atoms with van der Waals surface area (Å²) in [5.74, 6) is 0.570. The summed E-state index contributed by atoms with van der Waals surface area (Å²) in [5.41, 5.74) is 4.78. The lowest BCUT2D eigenvalue weighted by molar-refractivity contribution is 0.569. The van der Waals surface area contributed by atoms with Gasteiger partial charge in [0.25, 0.3) is 0 Å². The molecule has 0 saturated carbocycles. The third kappa shape index (κ3) is 3.35. The summed E-state index contributed by atoms with van der Waals surface area (Å²) < 4.78 is 0. The van der Waals surface area contributed by atoms with Gasteiger partial charge in [-0.1, -0.05) is 67.5 Å². The van der Waals surface area contributed by atoms with E-state index in [2.05, 4.69) is 76.8 Å². The molecule has 0 fully saturated rings. The number of hydrogen-bond acceptors (Lipinski definition) is 0. The van der Waals surface area contributed by atoms with Crippen LogP contribution in [0.3, 0.4) is 0 Å². The van der Waals surface area contributed by atoms with Crippen LogP contribution < -0.4 is 5.30 Å². The largest absolute Gasteiger partial charge is 0.105 e. The molecule has 1 aromatic rings. The molecule has 18 heavy (non-hydrogen) atoms. The third-order valence-corrected chi connectivity index (χ3v) is 4.15. The fourth-order valence-corrected chi connectivity index (χ4v) is 3.14. The summed E-state index contributed by atoms with van der Waals surface area (Å²) in [5, 5.41) is 1.39. The van der Waals surface area contributed by atoms with Gasteiger partial charge in [-0.05, 0) is 38.7 Å².